The molecule has 1 rings (SSSR count). The second-order valence-corrected chi connectivity index (χ2v) is 3.98. The Bertz CT molecular complexity index is 434. The number of nitrogens with zero attached hydrogens (tertiary/aromatic N) is 1. The van der Waals surface area contributed by atoms with Gasteiger partial charge in [0.05, 0.1) is 4.92 Å². The third-order valence-electron chi connectivity index (χ3n) is 2.54. The quantitative estimate of drug-likeness (QED) is 0.574. The highest BCUT2D eigenvalue weighted by molar-refractivity contribution is 5.77. The first-order valence-electron chi connectivity index (χ1n) is 5.78. The molecular weight excluding hydrogens is 236 g/mol. The predicted octanol–water partition coefficient (Wildman–Crippen LogP) is 2.65. The lowest BCUT2D eigenvalue weighted by Crippen LogP contribution is -2.29. The molecule has 98 valence electrons. The highest BCUT2D eigenvalue weighted by Gasteiger charge is 2.17. The van der Waals surface area contributed by atoms with Crippen LogP contribution in [0.25, 0.3) is 0 Å². The number of benzene rings is 1. The van der Waals surface area contributed by atoms with Crippen LogP contribution in [0.3, 0.4) is 0 Å². The fraction of sp³-hybridized carbons (Fsp3) is 0.417. The summed E-state index contributed by atoms with van der Waals surface area (Å²) in [6, 6.07) is 5.13. The van der Waals surface area contributed by atoms with E-state index in [2.05, 4.69) is 5.32 Å². The molecule has 0 saturated carbocycles. The molecule has 0 aliphatic carbocycles. The summed E-state index contributed by atoms with van der Waals surface area (Å²) in [6.07, 6.45) is 2.19. The Morgan fingerprint density at radius 2 is 2.28 bits per heavy atom. The Morgan fingerprint density at radius 3 is 2.83 bits per heavy atom. The number of nitrogens with one attached hydrogen (secondary N) is 1. The van der Waals surface area contributed by atoms with Gasteiger partial charge < -0.3 is 10.4 Å². The standard InChI is InChI=1S/C12H16N2O4/c1-2-3-7-11(12(15)16)13-9-5-4-6-10(8-9)14(17)18/h4-6,8,11,13H,2-3,7H2,1H3,(H,15,16). The maximum absolute atomic E-state index is 11.0. The number of carboxylic acids is 1. The number of rotatable bonds is 7. The minimum Gasteiger partial charge on any atom is -0.480 e. The molecule has 0 bridgehead atoms. The fourth-order valence-electron chi connectivity index (χ4n) is 1.58. The number of anilines is 1. The van der Waals surface area contributed by atoms with Crippen LogP contribution in [0.5, 0.6) is 0 Å². The number of hydrogen-bond donors (Lipinski definition) is 2. The van der Waals surface area contributed by atoms with E-state index >= 15 is 0 Å². The van der Waals surface area contributed by atoms with Crippen LogP contribution in [0.1, 0.15) is 26.2 Å². The Labute approximate surface area is 105 Å². The van der Waals surface area contributed by atoms with Crippen molar-refractivity contribution in [3.8, 4) is 0 Å². The number of non-ortho nitro benzene ring substituents is 1. The molecule has 0 saturated heterocycles. The van der Waals surface area contributed by atoms with Crippen molar-refractivity contribution in [1.82, 2.24) is 0 Å². The third kappa shape index (κ3) is 4.04. The molecule has 0 aromatic heterocycles. The summed E-state index contributed by atoms with van der Waals surface area (Å²) in [4.78, 5) is 21.1. The van der Waals surface area contributed by atoms with Crippen LogP contribution in [0, 0.1) is 10.1 Å². The number of nitro benzene ring substituents is 1. The normalized spacial score (nSPS) is 11.8. The third-order valence-corrected chi connectivity index (χ3v) is 2.54. The first-order valence-corrected chi connectivity index (χ1v) is 5.78. The van der Waals surface area contributed by atoms with E-state index in [0.717, 1.165) is 12.8 Å². The average Bonchev–Trinajstić information content (AvgIpc) is 2.34. The van der Waals surface area contributed by atoms with Crippen molar-refractivity contribution in [1.29, 1.82) is 0 Å². The van der Waals surface area contributed by atoms with Crippen LogP contribution in [-0.4, -0.2) is 22.0 Å². The summed E-state index contributed by atoms with van der Waals surface area (Å²) in [5, 5.41) is 22.5. The maximum Gasteiger partial charge on any atom is 0.326 e. The summed E-state index contributed by atoms with van der Waals surface area (Å²) < 4.78 is 0. The van der Waals surface area contributed by atoms with Gasteiger partial charge in [-0.15, -0.1) is 0 Å². The predicted molar refractivity (Wildman–Crippen MR) is 67.7 cm³/mol. The van der Waals surface area contributed by atoms with Crippen LogP contribution in [0.2, 0.25) is 0 Å². The van der Waals surface area contributed by atoms with Crippen molar-refractivity contribution in [2.24, 2.45) is 0 Å². The van der Waals surface area contributed by atoms with Crippen LogP contribution >= 0.6 is 0 Å². The summed E-state index contributed by atoms with van der Waals surface area (Å²) in [6.45, 7) is 1.98. The van der Waals surface area contributed by atoms with E-state index in [-0.39, 0.29) is 5.69 Å². The Hall–Kier alpha value is -2.11. The number of nitro groups is 1. The molecule has 0 aliphatic heterocycles. The van der Waals surface area contributed by atoms with Gasteiger partial charge in [0.1, 0.15) is 6.04 Å². The summed E-state index contributed by atoms with van der Waals surface area (Å²) >= 11 is 0. The fourth-order valence-corrected chi connectivity index (χ4v) is 1.58. The molecule has 0 heterocycles. The Kier molecular flexibility index (Phi) is 5.10. The van der Waals surface area contributed by atoms with E-state index in [9.17, 15) is 14.9 Å². The number of carboxylic acid groups (broad SMARTS) is 1. The first-order chi connectivity index (χ1) is 8.54. The lowest BCUT2D eigenvalue weighted by Gasteiger charge is -2.15. The van der Waals surface area contributed by atoms with Crippen LogP contribution in [-0.2, 0) is 4.79 Å². The van der Waals surface area contributed by atoms with Gasteiger partial charge in [-0.2, -0.15) is 0 Å². The molecule has 18 heavy (non-hydrogen) atoms. The zero-order chi connectivity index (χ0) is 13.5. The lowest BCUT2D eigenvalue weighted by molar-refractivity contribution is -0.384. The van der Waals surface area contributed by atoms with Gasteiger partial charge >= 0.3 is 5.97 Å². The molecule has 6 heteroatoms. The molecule has 0 aliphatic rings. The first kappa shape index (κ1) is 14.0. The molecule has 0 amide bonds. The van der Waals surface area contributed by atoms with Crippen molar-refractivity contribution < 1.29 is 14.8 Å². The molecule has 1 unspecified atom stereocenters. The van der Waals surface area contributed by atoms with Gasteiger partial charge in [0.15, 0.2) is 0 Å². The Balaban J connectivity index is 2.77. The number of aliphatic carboxylic acids is 1. The molecular formula is C12H16N2O4. The monoisotopic (exact) mass is 252 g/mol. The SMILES string of the molecule is CCCCC(Nc1cccc([N+](=O)[O-])c1)C(=O)O. The van der Waals surface area contributed by atoms with E-state index in [1.54, 1.807) is 6.07 Å². The summed E-state index contributed by atoms with van der Waals surface area (Å²) in [7, 11) is 0. The topological polar surface area (TPSA) is 92.5 Å². The van der Waals surface area contributed by atoms with Gasteiger partial charge in [0.2, 0.25) is 0 Å². The van der Waals surface area contributed by atoms with E-state index in [1.165, 1.54) is 18.2 Å². The molecule has 0 fully saturated rings. The second-order valence-electron chi connectivity index (χ2n) is 3.98. The highest BCUT2D eigenvalue weighted by Crippen LogP contribution is 2.18. The summed E-state index contributed by atoms with van der Waals surface area (Å²) in [5.74, 6) is -0.949. The molecule has 0 radical (unpaired) electrons. The molecule has 6 nitrogen and oxygen atoms in total. The van der Waals surface area contributed by atoms with Gasteiger partial charge in [0, 0.05) is 17.8 Å². The zero-order valence-corrected chi connectivity index (χ0v) is 10.1. The van der Waals surface area contributed by atoms with Crippen LogP contribution in [0.4, 0.5) is 11.4 Å². The minimum absolute atomic E-state index is 0.0559. The van der Waals surface area contributed by atoms with E-state index in [0.29, 0.717) is 12.1 Å². The zero-order valence-electron chi connectivity index (χ0n) is 10.1. The van der Waals surface area contributed by atoms with Crippen molar-refractivity contribution in [3.05, 3.63) is 34.4 Å². The van der Waals surface area contributed by atoms with E-state index < -0.39 is 16.9 Å². The maximum atomic E-state index is 11.0. The van der Waals surface area contributed by atoms with Crippen LogP contribution in [0.15, 0.2) is 24.3 Å². The smallest absolute Gasteiger partial charge is 0.326 e. The highest BCUT2D eigenvalue weighted by atomic mass is 16.6. The lowest BCUT2D eigenvalue weighted by atomic mass is 10.1. The van der Waals surface area contributed by atoms with E-state index in [1.807, 2.05) is 6.92 Å². The second kappa shape index (κ2) is 6.58. The largest absolute Gasteiger partial charge is 0.480 e. The molecule has 1 aromatic rings. The van der Waals surface area contributed by atoms with Crippen molar-refractivity contribution >= 4 is 17.3 Å². The van der Waals surface area contributed by atoms with Gasteiger partial charge in [-0.05, 0) is 12.5 Å². The van der Waals surface area contributed by atoms with Gasteiger partial charge in [-0.25, -0.2) is 4.79 Å². The number of unbranched alkanes of at least 4 members (excludes halogenated alkanes) is 1. The van der Waals surface area contributed by atoms with Gasteiger partial charge in [-0.1, -0.05) is 25.8 Å². The number of hydrogen-bond acceptors (Lipinski definition) is 4. The van der Waals surface area contributed by atoms with E-state index in [4.69, 9.17) is 5.11 Å². The molecule has 2 N–H and O–H groups in total. The van der Waals surface area contributed by atoms with Crippen molar-refractivity contribution in [2.45, 2.75) is 32.2 Å². The summed E-state index contributed by atoms with van der Waals surface area (Å²) in [5.41, 5.74) is 0.396. The molecule has 0 spiro atoms. The van der Waals surface area contributed by atoms with Crippen molar-refractivity contribution in [2.75, 3.05) is 5.32 Å². The number of carbonyl (C=O) groups is 1. The molecule has 1 aromatic carbocycles. The average molecular weight is 252 g/mol. The minimum atomic E-state index is -0.949. The van der Waals surface area contributed by atoms with Crippen LogP contribution < -0.4 is 5.32 Å². The molecule has 1 atom stereocenters. The van der Waals surface area contributed by atoms with Gasteiger partial charge in [0.25, 0.3) is 5.69 Å². The Morgan fingerprint density at radius 1 is 1.56 bits per heavy atom. The van der Waals surface area contributed by atoms with Gasteiger partial charge in [-0.3, -0.25) is 10.1 Å². The van der Waals surface area contributed by atoms with Crippen molar-refractivity contribution in [3.63, 3.8) is 0 Å².